The highest BCUT2D eigenvalue weighted by atomic mass is 16.8. The smallest absolute Gasteiger partial charge is 0.431 e. The van der Waals surface area contributed by atoms with Gasteiger partial charge in [0, 0.05) is 12.8 Å². The Hall–Kier alpha value is -2.45. The van der Waals surface area contributed by atoms with Gasteiger partial charge in [-0.3, -0.25) is 14.4 Å². The lowest BCUT2D eigenvalue weighted by Gasteiger charge is -2.38. The molecule has 1 saturated heterocycles. The predicted molar refractivity (Wildman–Crippen MR) is 94.1 cm³/mol. The standard InChI is InChI=1S/C19H25N2O6/c1-13(2)17(14-8-6-5-7-9-14)21(25)19(3,4)12-26-18(24)27-20-15(22)10-11-16(20)23/h5-9,13,17H,10-12H2,1-4H3. The van der Waals surface area contributed by atoms with E-state index in [9.17, 15) is 19.6 Å². The number of imide groups is 1. The van der Waals surface area contributed by atoms with Gasteiger partial charge in [-0.1, -0.05) is 49.2 Å². The number of carbonyl (C=O) groups excluding carboxylic acids is 3. The third-order valence-electron chi connectivity index (χ3n) is 4.34. The summed E-state index contributed by atoms with van der Waals surface area (Å²) in [6.45, 7) is 6.92. The van der Waals surface area contributed by atoms with Crippen molar-refractivity contribution in [1.29, 1.82) is 0 Å². The summed E-state index contributed by atoms with van der Waals surface area (Å²) in [6.07, 6.45) is -1.20. The van der Waals surface area contributed by atoms with E-state index in [0.717, 1.165) is 10.6 Å². The second kappa shape index (κ2) is 8.49. The van der Waals surface area contributed by atoms with Gasteiger partial charge in [0.25, 0.3) is 11.8 Å². The molecule has 1 aliphatic heterocycles. The molecule has 1 heterocycles. The minimum atomic E-state index is -1.19. The highest BCUT2D eigenvalue weighted by Crippen LogP contribution is 2.33. The molecular weight excluding hydrogens is 352 g/mol. The highest BCUT2D eigenvalue weighted by molar-refractivity contribution is 6.01. The Labute approximate surface area is 158 Å². The largest absolute Gasteiger partial charge is 0.534 e. The first kappa shape index (κ1) is 20.9. The minimum absolute atomic E-state index is 0.000905. The van der Waals surface area contributed by atoms with E-state index in [1.807, 2.05) is 44.2 Å². The lowest BCUT2D eigenvalue weighted by Crippen LogP contribution is -2.48. The summed E-state index contributed by atoms with van der Waals surface area (Å²) < 4.78 is 5.00. The van der Waals surface area contributed by atoms with Gasteiger partial charge in [-0.2, -0.15) is 0 Å². The van der Waals surface area contributed by atoms with Gasteiger partial charge in [0.05, 0.1) is 11.6 Å². The summed E-state index contributed by atoms with van der Waals surface area (Å²) in [6, 6.07) is 8.94. The Morgan fingerprint density at radius 1 is 1.15 bits per heavy atom. The molecule has 2 amide bonds. The topological polar surface area (TPSA) is 96.1 Å². The molecule has 0 aromatic heterocycles. The van der Waals surface area contributed by atoms with E-state index < -0.39 is 29.6 Å². The third kappa shape index (κ3) is 5.05. The minimum Gasteiger partial charge on any atom is -0.431 e. The molecule has 8 heteroatoms. The van der Waals surface area contributed by atoms with Gasteiger partial charge in [-0.05, 0) is 25.3 Å². The monoisotopic (exact) mass is 377 g/mol. The number of carbonyl (C=O) groups is 3. The van der Waals surface area contributed by atoms with Crippen molar-refractivity contribution in [2.45, 2.75) is 52.1 Å². The van der Waals surface area contributed by atoms with Crippen LogP contribution in [0.25, 0.3) is 0 Å². The van der Waals surface area contributed by atoms with E-state index in [2.05, 4.69) is 4.84 Å². The molecule has 147 valence electrons. The maximum Gasteiger partial charge on any atom is 0.534 e. The van der Waals surface area contributed by atoms with E-state index >= 15 is 0 Å². The first-order valence-electron chi connectivity index (χ1n) is 8.85. The Bertz CT molecular complexity index is 673. The fraction of sp³-hybridized carbons (Fsp3) is 0.526. The molecule has 1 fully saturated rings. The highest BCUT2D eigenvalue weighted by Gasteiger charge is 2.38. The molecule has 8 nitrogen and oxygen atoms in total. The van der Waals surface area contributed by atoms with Gasteiger partial charge in [0.1, 0.15) is 6.61 Å². The maximum atomic E-state index is 13.0. The zero-order chi connectivity index (χ0) is 20.2. The second-order valence-corrected chi connectivity index (χ2v) is 7.45. The Morgan fingerprint density at radius 2 is 1.70 bits per heavy atom. The molecule has 0 aliphatic carbocycles. The van der Waals surface area contributed by atoms with Gasteiger partial charge >= 0.3 is 6.16 Å². The maximum absolute atomic E-state index is 13.0. The number of ether oxygens (including phenoxy) is 1. The van der Waals surface area contributed by atoms with Crippen LogP contribution >= 0.6 is 0 Å². The number of hydrogen-bond acceptors (Lipinski definition) is 6. The lowest BCUT2D eigenvalue weighted by molar-refractivity contribution is -0.263. The number of hydroxylamine groups is 4. The van der Waals surface area contributed by atoms with Crippen LogP contribution in [0.2, 0.25) is 0 Å². The average molecular weight is 377 g/mol. The normalized spacial score (nSPS) is 16.2. The van der Waals surface area contributed by atoms with Crippen LogP contribution in [0, 0.1) is 5.92 Å². The average Bonchev–Trinajstić information content (AvgIpc) is 2.93. The summed E-state index contributed by atoms with van der Waals surface area (Å²) in [5.41, 5.74) is -0.186. The van der Waals surface area contributed by atoms with Crippen molar-refractivity contribution in [3.8, 4) is 0 Å². The van der Waals surface area contributed by atoms with Crippen LogP contribution < -0.4 is 0 Å². The number of amides is 2. The Morgan fingerprint density at radius 3 is 2.22 bits per heavy atom. The predicted octanol–water partition coefficient (Wildman–Crippen LogP) is 3.03. The molecule has 2 rings (SSSR count). The summed E-state index contributed by atoms with van der Waals surface area (Å²) in [5, 5.41) is 14.4. The molecule has 1 aliphatic rings. The first-order valence-corrected chi connectivity index (χ1v) is 8.85. The SMILES string of the molecule is CC(C)C(c1ccccc1)N([O])C(C)(C)COC(=O)ON1C(=O)CCC1=O. The molecule has 1 aromatic carbocycles. The number of benzene rings is 1. The van der Waals surface area contributed by atoms with Crippen molar-refractivity contribution >= 4 is 18.0 Å². The van der Waals surface area contributed by atoms with Gasteiger partial charge in [0.2, 0.25) is 0 Å². The van der Waals surface area contributed by atoms with E-state index in [1.165, 1.54) is 0 Å². The van der Waals surface area contributed by atoms with Crippen molar-refractivity contribution in [3.63, 3.8) is 0 Å². The van der Waals surface area contributed by atoms with E-state index in [1.54, 1.807) is 13.8 Å². The fourth-order valence-corrected chi connectivity index (χ4v) is 2.88. The van der Waals surface area contributed by atoms with E-state index in [-0.39, 0.29) is 25.4 Å². The zero-order valence-corrected chi connectivity index (χ0v) is 16.0. The molecule has 0 bridgehead atoms. The first-order chi connectivity index (χ1) is 12.6. The number of rotatable bonds is 7. The van der Waals surface area contributed by atoms with Crippen LogP contribution in [0.1, 0.15) is 52.1 Å². The van der Waals surface area contributed by atoms with Crippen molar-refractivity contribution < 1.29 is 29.2 Å². The Kier molecular flexibility index (Phi) is 6.56. The summed E-state index contributed by atoms with van der Waals surface area (Å²) >= 11 is 0. The van der Waals surface area contributed by atoms with Gasteiger partial charge in [-0.25, -0.2) is 4.79 Å². The molecule has 0 N–H and O–H groups in total. The molecule has 27 heavy (non-hydrogen) atoms. The number of hydrogen-bond donors (Lipinski definition) is 0. The van der Waals surface area contributed by atoms with Gasteiger partial charge in [-0.15, -0.1) is 10.3 Å². The van der Waals surface area contributed by atoms with Crippen molar-refractivity contribution in [1.82, 2.24) is 10.1 Å². The van der Waals surface area contributed by atoms with Crippen molar-refractivity contribution in [2.24, 2.45) is 5.92 Å². The van der Waals surface area contributed by atoms with Crippen molar-refractivity contribution in [3.05, 3.63) is 35.9 Å². The second-order valence-electron chi connectivity index (χ2n) is 7.45. The molecule has 1 aromatic rings. The molecule has 1 atom stereocenters. The van der Waals surface area contributed by atoms with Crippen LogP contribution in [-0.2, 0) is 24.4 Å². The Balaban J connectivity index is 2.00. The van der Waals surface area contributed by atoms with Gasteiger partial charge in [0.15, 0.2) is 0 Å². The van der Waals surface area contributed by atoms with Gasteiger partial charge < -0.3 is 4.74 Å². The summed E-state index contributed by atoms with van der Waals surface area (Å²) in [4.78, 5) is 39.4. The van der Waals surface area contributed by atoms with E-state index in [4.69, 9.17) is 4.74 Å². The van der Waals surface area contributed by atoms with E-state index in [0.29, 0.717) is 5.06 Å². The van der Waals surface area contributed by atoms with Crippen LogP contribution in [0.15, 0.2) is 30.3 Å². The third-order valence-corrected chi connectivity index (χ3v) is 4.34. The molecule has 1 radical (unpaired) electrons. The quantitative estimate of drug-likeness (QED) is 0.412. The zero-order valence-electron chi connectivity index (χ0n) is 16.0. The lowest BCUT2D eigenvalue weighted by atomic mass is 9.92. The van der Waals surface area contributed by atoms with Crippen LogP contribution in [0.3, 0.4) is 0 Å². The molecule has 0 spiro atoms. The summed E-state index contributed by atoms with van der Waals surface area (Å²) in [5.74, 6) is -1.16. The number of nitrogens with zero attached hydrogens (tertiary/aromatic N) is 2. The van der Waals surface area contributed by atoms with Crippen LogP contribution in [0.4, 0.5) is 4.79 Å². The fourth-order valence-electron chi connectivity index (χ4n) is 2.88. The van der Waals surface area contributed by atoms with Crippen molar-refractivity contribution in [2.75, 3.05) is 6.61 Å². The molecule has 1 unspecified atom stereocenters. The van der Waals surface area contributed by atoms with Crippen LogP contribution in [-0.4, -0.2) is 40.2 Å². The molecule has 0 saturated carbocycles. The summed E-state index contributed by atoms with van der Waals surface area (Å²) in [7, 11) is 0. The van der Waals surface area contributed by atoms with Crippen LogP contribution in [0.5, 0.6) is 0 Å². The molecular formula is C19H25N2O6.